The molecule has 1 heterocycles. The van der Waals surface area contributed by atoms with E-state index in [0.717, 1.165) is 36.3 Å². The van der Waals surface area contributed by atoms with E-state index in [4.69, 9.17) is 5.73 Å². The van der Waals surface area contributed by atoms with Gasteiger partial charge in [0.2, 0.25) is 0 Å². The normalized spacial score (nSPS) is 13.7. The molecule has 1 aliphatic rings. The highest BCUT2D eigenvalue weighted by Gasteiger charge is 2.21. The van der Waals surface area contributed by atoms with Crippen LogP contribution in [0.1, 0.15) is 17.5 Å². The summed E-state index contributed by atoms with van der Waals surface area (Å²) in [4.78, 5) is 14.3. The van der Waals surface area contributed by atoms with Gasteiger partial charge < -0.3 is 11.1 Å². The number of para-hydroxylation sites is 1. The van der Waals surface area contributed by atoms with Crippen molar-refractivity contribution in [2.24, 2.45) is 5.73 Å². The SMILES string of the molecule is NCc1cccc(NC(=O)N2CCCc3ccccc32)c1. The van der Waals surface area contributed by atoms with Gasteiger partial charge in [0.15, 0.2) is 0 Å². The van der Waals surface area contributed by atoms with Crippen molar-refractivity contribution < 1.29 is 4.79 Å². The van der Waals surface area contributed by atoms with Crippen LogP contribution in [0, 0.1) is 0 Å². The number of anilines is 2. The predicted octanol–water partition coefficient (Wildman–Crippen LogP) is 3.13. The zero-order chi connectivity index (χ0) is 14.7. The van der Waals surface area contributed by atoms with Crippen LogP contribution < -0.4 is 16.0 Å². The molecule has 0 fully saturated rings. The van der Waals surface area contributed by atoms with Crippen molar-refractivity contribution in [2.45, 2.75) is 19.4 Å². The first-order chi connectivity index (χ1) is 10.3. The van der Waals surface area contributed by atoms with Crippen molar-refractivity contribution in [3.8, 4) is 0 Å². The maximum Gasteiger partial charge on any atom is 0.326 e. The summed E-state index contributed by atoms with van der Waals surface area (Å²) < 4.78 is 0. The Balaban J connectivity index is 1.80. The van der Waals surface area contributed by atoms with Gasteiger partial charge in [0.05, 0.1) is 0 Å². The fourth-order valence-electron chi connectivity index (χ4n) is 2.71. The lowest BCUT2D eigenvalue weighted by atomic mass is 10.0. The largest absolute Gasteiger partial charge is 0.326 e. The fourth-order valence-corrected chi connectivity index (χ4v) is 2.71. The van der Waals surface area contributed by atoms with Crippen LogP contribution in [0.3, 0.4) is 0 Å². The van der Waals surface area contributed by atoms with Crippen LogP contribution >= 0.6 is 0 Å². The van der Waals surface area contributed by atoms with Gasteiger partial charge in [0.25, 0.3) is 0 Å². The van der Waals surface area contributed by atoms with Crippen LogP contribution in [0.25, 0.3) is 0 Å². The third-order valence-corrected chi connectivity index (χ3v) is 3.77. The lowest BCUT2D eigenvalue weighted by Crippen LogP contribution is -2.38. The van der Waals surface area contributed by atoms with E-state index in [2.05, 4.69) is 11.4 Å². The summed E-state index contributed by atoms with van der Waals surface area (Å²) in [5.74, 6) is 0. The Hall–Kier alpha value is -2.33. The first-order valence-corrected chi connectivity index (χ1v) is 7.23. The van der Waals surface area contributed by atoms with Crippen LogP contribution in [0.2, 0.25) is 0 Å². The van der Waals surface area contributed by atoms with E-state index in [1.165, 1.54) is 5.56 Å². The Labute approximate surface area is 124 Å². The number of fused-ring (bicyclic) bond motifs is 1. The molecule has 0 atom stereocenters. The predicted molar refractivity (Wildman–Crippen MR) is 85.5 cm³/mol. The van der Waals surface area contributed by atoms with Crippen molar-refractivity contribution in [2.75, 3.05) is 16.8 Å². The Kier molecular flexibility index (Phi) is 3.88. The van der Waals surface area contributed by atoms with Crippen molar-refractivity contribution in [3.63, 3.8) is 0 Å². The first kappa shape index (κ1) is 13.6. The summed E-state index contributed by atoms with van der Waals surface area (Å²) in [6, 6.07) is 15.6. The average Bonchev–Trinajstić information content (AvgIpc) is 2.54. The summed E-state index contributed by atoms with van der Waals surface area (Å²) in [7, 11) is 0. The summed E-state index contributed by atoms with van der Waals surface area (Å²) in [6.45, 7) is 1.22. The molecule has 0 spiro atoms. The standard InChI is InChI=1S/C17H19N3O/c18-12-13-5-3-8-15(11-13)19-17(21)20-10-4-7-14-6-1-2-9-16(14)20/h1-3,5-6,8-9,11H,4,7,10,12,18H2,(H,19,21). The van der Waals surface area contributed by atoms with Crippen LogP contribution in [0.4, 0.5) is 16.2 Å². The molecule has 4 nitrogen and oxygen atoms in total. The van der Waals surface area contributed by atoms with E-state index in [-0.39, 0.29) is 6.03 Å². The highest BCUT2D eigenvalue weighted by Crippen LogP contribution is 2.27. The van der Waals surface area contributed by atoms with Crippen LogP contribution in [0.5, 0.6) is 0 Å². The van der Waals surface area contributed by atoms with E-state index in [1.54, 1.807) is 0 Å². The second kappa shape index (κ2) is 5.97. The Morgan fingerprint density at radius 3 is 2.90 bits per heavy atom. The monoisotopic (exact) mass is 281 g/mol. The van der Waals surface area contributed by atoms with Crippen LogP contribution in [-0.2, 0) is 13.0 Å². The molecule has 2 aromatic carbocycles. The molecule has 0 aliphatic carbocycles. The van der Waals surface area contributed by atoms with Crippen molar-refractivity contribution in [1.29, 1.82) is 0 Å². The van der Waals surface area contributed by atoms with Crippen LogP contribution in [-0.4, -0.2) is 12.6 Å². The smallest absolute Gasteiger partial charge is 0.326 e. The lowest BCUT2D eigenvalue weighted by molar-refractivity contribution is 0.256. The number of carbonyl (C=O) groups is 1. The maximum absolute atomic E-state index is 12.5. The van der Waals surface area contributed by atoms with Gasteiger partial charge in [0, 0.05) is 24.5 Å². The van der Waals surface area contributed by atoms with Gasteiger partial charge in [-0.2, -0.15) is 0 Å². The molecule has 3 N–H and O–H groups in total. The highest BCUT2D eigenvalue weighted by atomic mass is 16.2. The number of nitrogens with zero attached hydrogens (tertiary/aromatic N) is 1. The molecular weight excluding hydrogens is 262 g/mol. The number of amides is 2. The molecule has 2 aromatic rings. The Morgan fingerprint density at radius 2 is 2.05 bits per heavy atom. The third kappa shape index (κ3) is 2.90. The average molecular weight is 281 g/mol. The topological polar surface area (TPSA) is 58.4 Å². The molecule has 0 saturated heterocycles. The van der Waals surface area contributed by atoms with Gasteiger partial charge in [-0.1, -0.05) is 30.3 Å². The minimum absolute atomic E-state index is 0.0867. The number of carbonyl (C=O) groups excluding carboxylic acids is 1. The molecular formula is C17H19N3O. The Morgan fingerprint density at radius 1 is 1.19 bits per heavy atom. The van der Waals surface area contributed by atoms with Crippen molar-refractivity contribution >= 4 is 17.4 Å². The molecule has 0 unspecified atom stereocenters. The molecule has 0 aromatic heterocycles. The summed E-state index contributed by atoms with van der Waals surface area (Å²) in [6.07, 6.45) is 2.02. The van der Waals surface area contributed by atoms with Gasteiger partial charge in [-0.15, -0.1) is 0 Å². The number of nitrogens with one attached hydrogen (secondary N) is 1. The summed E-state index contributed by atoms with van der Waals surface area (Å²) in [5.41, 5.74) is 9.66. The molecule has 0 radical (unpaired) electrons. The second-order valence-corrected chi connectivity index (χ2v) is 5.22. The molecule has 108 valence electrons. The van der Waals surface area contributed by atoms with Crippen molar-refractivity contribution in [3.05, 3.63) is 59.7 Å². The van der Waals surface area contributed by atoms with E-state index < -0.39 is 0 Å². The molecule has 1 aliphatic heterocycles. The molecule has 2 amide bonds. The summed E-state index contributed by atoms with van der Waals surface area (Å²) >= 11 is 0. The molecule has 3 rings (SSSR count). The van der Waals surface area contributed by atoms with Gasteiger partial charge in [-0.05, 0) is 42.2 Å². The molecule has 0 bridgehead atoms. The van der Waals surface area contributed by atoms with Gasteiger partial charge in [-0.3, -0.25) is 4.90 Å². The number of nitrogens with two attached hydrogens (primary N) is 1. The molecule has 4 heteroatoms. The number of benzene rings is 2. The minimum atomic E-state index is -0.0867. The number of urea groups is 1. The number of rotatable bonds is 2. The Bertz CT molecular complexity index is 654. The zero-order valence-corrected chi connectivity index (χ0v) is 11.9. The van der Waals surface area contributed by atoms with E-state index in [1.807, 2.05) is 47.4 Å². The lowest BCUT2D eigenvalue weighted by Gasteiger charge is -2.29. The molecule has 21 heavy (non-hydrogen) atoms. The van der Waals surface area contributed by atoms with Gasteiger partial charge in [0.1, 0.15) is 0 Å². The third-order valence-electron chi connectivity index (χ3n) is 3.77. The van der Waals surface area contributed by atoms with Gasteiger partial charge >= 0.3 is 6.03 Å². The first-order valence-electron chi connectivity index (χ1n) is 7.23. The number of aryl methyl sites for hydroxylation is 1. The zero-order valence-electron chi connectivity index (χ0n) is 11.9. The van der Waals surface area contributed by atoms with Crippen LogP contribution in [0.15, 0.2) is 48.5 Å². The van der Waals surface area contributed by atoms with E-state index in [9.17, 15) is 4.79 Å². The van der Waals surface area contributed by atoms with E-state index >= 15 is 0 Å². The fraction of sp³-hybridized carbons (Fsp3) is 0.235. The second-order valence-electron chi connectivity index (χ2n) is 5.22. The van der Waals surface area contributed by atoms with Gasteiger partial charge in [-0.25, -0.2) is 4.79 Å². The van der Waals surface area contributed by atoms with Crippen molar-refractivity contribution in [1.82, 2.24) is 0 Å². The quantitative estimate of drug-likeness (QED) is 0.888. The minimum Gasteiger partial charge on any atom is -0.326 e. The van der Waals surface area contributed by atoms with E-state index in [0.29, 0.717) is 6.54 Å². The summed E-state index contributed by atoms with van der Waals surface area (Å²) in [5, 5.41) is 2.96. The molecule has 0 saturated carbocycles. The maximum atomic E-state index is 12.5. The number of hydrogen-bond donors (Lipinski definition) is 2. The number of hydrogen-bond acceptors (Lipinski definition) is 2. The highest BCUT2D eigenvalue weighted by molar-refractivity contribution is 6.02.